The molecule has 0 saturated heterocycles. The van der Waals surface area contributed by atoms with Crippen molar-refractivity contribution in [3.8, 4) is 5.75 Å². The van der Waals surface area contributed by atoms with Gasteiger partial charge in [-0.25, -0.2) is 0 Å². The van der Waals surface area contributed by atoms with Gasteiger partial charge in [0.05, 0.1) is 24.9 Å². The maximum atomic E-state index is 12.7. The zero-order valence-electron chi connectivity index (χ0n) is 18.1. The summed E-state index contributed by atoms with van der Waals surface area (Å²) >= 11 is 6.12. The number of carbonyl (C=O) groups is 2. The van der Waals surface area contributed by atoms with Gasteiger partial charge < -0.3 is 20.7 Å². The van der Waals surface area contributed by atoms with E-state index >= 15 is 0 Å². The molecule has 2 amide bonds. The summed E-state index contributed by atoms with van der Waals surface area (Å²) in [5, 5.41) is 9.36. The zero-order chi connectivity index (χ0) is 22.9. The van der Waals surface area contributed by atoms with E-state index in [1.54, 1.807) is 30.3 Å². The highest BCUT2D eigenvalue weighted by atomic mass is 35.5. The van der Waals surface area contributed by atoms with Crippen LogP contribution < -0.4 is 20.7 Å². The summed E-state index contributed by atoms with van der Waals surface area (Å²) in [5.41, 5.74) is 3.58. The third kappa shape index (κ3) is 6.25. The van der Waals surface area contributed by atoms with E-state index < -0.39 is 0 Å². The van der Waals surface area contributed by atoms with Crippen molar-refractivity contribution >= 4 is 34.8 Å². The summed E-state index contributed by atoms with van der Waals surface area (Å²) in [6.07, 6.45) is 0.743. The molecule has 166 valence electrons. The Morgan fingerprint density at radius 2 is 1.69 bits per heavy atom. The van der Waals surface area contributed by atoms with Crippen LogP contribution in [-0.4, -0.2) is 32.0 Å². The fraction of sp³-hybridized carbons (Fsp3) is 0.200. The molecule has 0 bridgehead atoms. The van der Waals surface area contributed by atoms with Gasteiger partial charge >= 0.3 is 0 Å². The predicted octanol–water partition coefficient (Wildman–Crippen LogP) is 4.68. The molecule has 6 nitrogen and oxygen atoms in total. The molecule has 32 heavy (non-hydrogen) atoms. The summed E-state index contributed by atoms with van der Waals surface area (Å²) in [5.74, 6) is 0.0101. The van der Waals surface area contributed by atoms with Gasteiger partial charge in [0, 0.05) is 23.3 Å². The summed E-state index contributed by atoms with van der Waals surface area (Å²) < 4.78 is 5.29. The highest BCUT2D eigenvalue weighted by Gasteiger charge is 2.13. The number of halogens is 1. The third-order valence-electron chi connectivity index (χ3n) is 4.91. The second kappa shape index (κ2) is 11.2. The van der Waals surface area contributed by atoms with E-state index in [1.807, 2.05) is 43.3 Å². The first-order chi connectivity index (χ1) is 15.5. The van der Waals surface area contributed by atoms with Crippen LogP contribution in [0.25, 0.3) is 0 Å². The van der Waals surface area contributed by atoms with Gasteiger partial charge in [0.15, 0.2) is 0 Å². The number of anilines is 2. The van der Waals surface area contributed by atoms with Crippen molar-refractivity contribution in [2.45, 2.75) is 13.3 Å². The number of nitrogens with one attached hydrogen (secondary N) is 3. The minimum atomic E-state index is -0.274. The normalized spacial score (nSPS) is 10.3. The highest BCUT2D eigenvalue weighted by molar-refractivity contribution is 6.31. The Hall–Kier alpha value is -3.51. The van der Waals surface area contributed by atoms with Crippen molar-refractivity contribution in [1.29, 1.82) is 0 Å². The van der Waals surface area contributed by atoms with Crippen LogP contribution in [0.2, 0.25) is 5.02 Å². The lowest BCUT2D eigenvalue weighted by Gasteiger charge is -2.14. The standard InChI is InChI=1S/C25H26ClN3O3/c1-17-14-22(23(32-2)15-20(17)26)29-24(30)16-28-21-11-7-6-10-19(21)25(31)27-13-12-18-8-4-3-5-9-18/h3-11,14-15,28H,12-13,16H2,1-2H3,(H,27,31)(H,29,30). The Morgan fingerprint density at radius 3 is 2.44 bits per heavy atom. The van der Waals surface area contributed by atoms with Crippen molar-refractivity contribution in [3.05, 3.63) is 88.4 Å². The Bertz CT molecular complexity index is 1090. The van der Waals surface area contributed by atoms with Gasteiger partial charge in [0.2, 0.25) is 5.91 Å². The molecule has 3 aromatic carbocycles. The molecule has 3 rings (SSSR count). The maximum Gasteiger partial charge on any atom is 0.253 e. The number of aryl methyl sites for hydroxylation is 1. The lowest BCUT2D eigenvalue weighted by Crippen LogP contribution is -2.28. The van der Waals surface area contributed by atoms with E-state index in [0.717, 1.165) is 17.5 Å². The Balaban J connectivity index is 1.58. The SMILES string of the molecule is COc1cc(Cl)c(C)cc1NC(=O)CNc1ccccc1C(=O)NCCc1ccccc1. The zero-order valence-corrected chi connectivity index (χ0v) is 18.8. The third-order valence-corrected chi connectivity index (χ3v) is 5.32. The van der Waals surface area contributed by atoms with Crippen LogP contribution >= 0.6 is 11.6 Å². The van der Waals surface area contributed by atoms with E-state index in [0.29, 0.717) is 34.3 Å². The largest absolute Gasteiger partial charge is 0.495 e. The Morgan fingerprint density at radius 1 is 0.969 bits per heavy atom. The first kappa shape index (κ1) is 23.2. The smallest absolute Gasteiger partial charge is 0.253 e. The van der Waals surface area contributed by atoms with E-state index in [2.05, 4.69) is 16.0 Å². The molecular weight excluding hydrogens is 426 g/mol. The van der Waals surface area contributed by atoms with Gasteiger partial charge in [-0.15, -0.1) is 0 Å². The number of ether oxygens (including phenoxy) is 1. The van der Waals surface area contributed by atoms with Crippen molar-refractivity contribution in [1.82, 2.24) is 5.32 Å². The Labute approximate surface area is 192 Å². The molecule has 0 aliphatic rings. The molecule has 0 heterocycles. The van der Waals surface area contributed by atoms with Crippen LogP contribution in [0.15, 0.2) is 66.7 Å². The lowest BCUT2D eigenvalue weighted by atomic mass is 10.1. The average Bonchev–Trinajstić information content (AvgIpc) is 2.80. The van der Waals surface area contributed by atoms with Crippen molar-refractivity contribution in [2.75, 3.05) is 30.8 Å². The molecule has 3 N–H and O–H groups in total. The number of methoxy groups -OCH3 is 1. The molecule has 0 saturated carbocycles. The molecule has 0 aliphatic heterocycles. The number of amides is 2. The van der Waals surface area contributed by atoms with Crippen LogP contribution in [0.3, 0.4) is 0 Å². The van der Waals surface area contributed by atoms with Crippen LogP contribution in [-0.2, 0) is 11.2 Å². The van der Waals surface area contributed by atoms with Crippen LogP contribution in [0.4, 0.5) is 11.4 Å². The second-order valence-electron chi connectivity index (χ2n) is 7.24. The summed E-state index contributed by atoms with van der Waals surface area (Å²) in [6, 6.07) is 20.5. The second-order valence-corrected chi connectivity index (χ2v) is 7.65. The van der Waals surface area contributed by atoms with E-state index in [9.17, 15) is 9.59 Å². The molecule has 0 atom stereocenters. The summed E-state index contributed by atoms with van der Waals surface area (Å²) in [4.78, 5) is 25.2. The number of rotatable bonds is 9. The van der Waals surface area contributed by atoms with Gasteiger partial charge in [0.25, 0.3) is 5.91 Å². The quantitative estimate of drug-likeness (QED) is 0.441. The maximum absolute atomic E-state index is 12.7. The molecule has 0 aliphatic carbocycles. The number of hydrogen-bond acceptors (Lipinski definition) is 4. The van der Waals surface area contributed by atoms with Crippen LogP contribution in [0.5, 0.6) is 5.75 Å². The fourth-order valence-corrected chi connectivity index (χ4v) is 3.35. The molecule has 3 aromatic rings. The first-order valence-electron chi connectivity index (χ1n) is 10.3. The Kier molecular flexibility index (Phi) is 8.11. The van der Waals surface area contributed by atoms with E-state index in [4.69, 9.17) is 16.3 Å². The predicted molar refractivity (Wildman–Crippen MR) is 129 cm³/mol. The van der Waals surface area contributed by atoms with Gasteiger partial charge in [-0.2, -0.15) is 0 Å². The molecule has 0 spiro atoms. The molecule has 0 unspecified atom stereocenters. The molecule has 0 fully saturated rings. The molecule has 0 radical (unpaired) electrons. The number of hydrogen-bond donors (Lipinski definition) is 3. The highest BCUT2D eigenvalue weighted by Crippen LogP contribution is 2.30. The van der Waals surface area contributed by atoms with E-state index in [1.165, 1.54) is 7.11 Å². The van der Waals surface area contributed by atoms with Crippen LogP contribution in [0, 0.1) is 6.92 Å². The van der Waals surface area contributed by atoms with E-state index in [-0.39, 0.29) is 18.4 Å². The minimum absolute atomic E-state index is 0.0147. The van der Waals surface area contributed by atoms with Gasteiger partial charge in [-0.1, -0.05) is 54.1 Å². The summed E-state index contributed by atoms with van der Waals surface area (Å²) in [6.45, 7) is 2.36. The van der Waals surface area contributed by atoms with Gasteiger partial charge in [-0.05, 0) is 42.7 Å². The molecule has 0 aromatic heterocycles. The minimum Gasteiger partial charge on any atom is -0.495 e. The average molecular weight is 452 g/mol. The number of benzene rings is 3. The lowest BCUT2D eigenvalue weighted by molar-refractivity contribution is -0.114. The van der Waals surface area contributed by atoms with Crippen molar-refractivity contribution in [2.24, 2.45) is 0 Å². The van der Waals surface area contributed by atoms with Gasteiger partial charge in [0.1, 0.15) is 5.75 Å². The van der Waals surface area contributed by atoms with Crippen LogP contribution in [0.1, 0.15) is 21.5 Å². The van der Waals surface area contributed by atoms with Crippen molar-refractivity contribution in [3.63, 3.8) is 0 Å². The molecular formula is C25H26ClN3O3. The topological polar surface area (TPSA) is 79.5 Å². The first-order valence-corrected chi connectivity index (χ1v) is 10.6. The van der Waals surface area contributed by atoms with Gasteiger partial charge in [-0.3, -0.25) is 9.59 Å². The fourth-order valence-electron chi connectivity index (χ4n) is 3.20. The number of para-hydroxylation sites is 1. The summed E-state index contributed by atoms with van der Waals surface area (Å²) in [7, 11) is 1.52. The van der Waals surface area contributed by atoms with Crippen molar-refractivity contribution < 1.29 is 14.3 Å². The monoisotopic (exact) mass is 451 g/mol. The molecule has 7 heteroatoms. The number of carbonyl (C=O) groups excluding carboxylic acids is 2.